The Morgan fingerprint density at radius 2 is 2.18 bits per heavy atom. The fraction of sp³-hybridized carbons (Fsp3) is 0.294. The lowest BCUT2D eigenvalue weighted by Crippen LogP contribution is -2.17. The molecule has 2 aromatic heterocycles. The van der Waals surface area contributed by atoms with Crippen LogP contribution in [0.1, 0.15) is 18.4 Å². The quantitative estimate of drug-likeness (QED) is 0.658. The fourth-order valence-electron chi connectivity index (χ4n) is 2.34. The smallest absolute Gasteiger partial charge is 0.121 e. The van der Waals surface area contributed by atoms with Crippen LogP contribution in [0, 0.1) is 0 Å². The van der Waals surface area contributed by atoms with Crippen molar-refractivity contribution in [3.63, 3.8) is 0 Å². The Labute approximate surface area is 129 Å². The molecule has 0 aliphatic carbocycles. The van der Waals surface area contributed by atoms with Crippen LogP contribution in [0.3, 0.4) is 0 Å². The molecule has 0 amide bonds. The lowest BCUT2D eigenvalue weighted by atomic mass is 10.3. The Hall–Kier alpha value is -2.40. The van der Waals surface area contributed by atoms with Crippen molar-refractivity contribution in [2.24, 2.45) is 0 Å². The number of hydrogen-bond acceptors (Lipinski definition) is 4. The number of aromatic amines is 1. The van der Waals surface area contributed by atoms with Gasteiger partial charge in [-0.15, -0.1) is 0 Å². The number of H-pyrrole nitrogens is 1. The van der Waals surface area contributed by atoms with Crippen LogP contribution in [-0.4, -0.2) is 28.1 Å². The number of benzene rings is 1. The summed E-state index contributed by atoms with van der Waals surface area (Å²) in [6, 6.07) is 11.9. The Morgan fingerprint density at radius 3 is 3.00 bits per heavy atom. The Balaban J connectivity index is 1.55. The highest BCUT2D eigenvalue weighted by atomic mass is 16.5. The molecule has 2 heterocycles. The normalized spacial score (nSPS) is 11.0. The second kappa shape index (κ2) is 7.04. The molecule has 0 spiro atoms. The van der Waals surface area contributed by atoms with Gasteiger partial charge in [0.05, 0.1) is 23.3 Å². The number of aromatic nitrogens is 3. The molecule has 3 aromatic rings. The van der Waals surface area contributed by atoms with Crippen molar-refractivity contribution in [1.82, 2.24) is 20.3 Å². The van der Waals surface area contributed by atoms with E-state index < -0.39 is 0 Å². The number of fused-ring (bicyclic) bond motifs is 1. The molecule has 3 rings (SSSR count). The van der Waals surface area contributed by atoms with Crippen LogP contribution in [0.2, 0.25) is 0 Å². The van der Waals surface area contributed by atoms with Crippen LogP contribution < -0.4 is 10.1 Å². The third kappa shape index (κ3) is 3.62. The molecule has 0 saturated carbocycles. The van der Waals surface area contributed by atoms with Crippen molar-refractivity contribution in [3.05, 3.63) is 54.1 Å². The predicted molar refractivity (Wildman–Crippen MR) is 86.9 cm³/mol. The van der Waals surface area contributed by atoms with Crippen molar-refractivity contribution in [3.8, 4) is 5.75 Å². The first-order valence-corrected chi connectivity index (χ1v) is 7.57. The topological polar surface area (TPSA) is 62.8 Å². The van der Waals surface area contributed by atoms with Crippen LogP contribution in [0.4, 0.5) is 0 Å². The Morgan fingerprint density at radius 1 is 1.23 bits per heavy atom. The van der Waals surface area contributed by atoms with Gasteiger partial charge in [0.1, 0.15) is 11.6 Å². The minimum absolute atomic E-state index is 0.671. The molecule has 0 atom stereocenters. The zero-order valence-electron chi connectivity index (χ0n) is 12.7. The molecule has 0 saturated heterocycles. The SMILES string of the molecule is CCOc1ccc2nc(CCNCc3ccccn3)[nH]c2c1. The zero-order chi connectivity index (χ0) is 15.2. The minimum atomic E-state index is 0.671. The lowest BCUT2D eigenvalue weighted by Gasteiger charge is -2.02. The van der Waals surface area contributed by atoms with Crippen molar-refractivity contribution in [1.29, 1.82) is 0 Å². The zero-order valence-corrected chi connectivity index (χ0v) is 12.7. The number of imidazole rings is 1. The number of pyridine rings is 1. The number of ether oxygens (including phenoxy) is 1. The number of hydrogen-bond donors (Lipinski definition) is 2. The monoisotopic (exact) mass is 296 g/mol. The van der Waals surface area contributed by atoms with E-state index in [1.54, 1.807) is 0 Å². The van der Waals surface area contributed by atoms with Crippen molar-refractivity contribution < 1.29 is 4.74 Å². The van der Waals surface area contributed by atoms with E-state index in [0.29, 0.717) is 6.61 Å². The first-order valence-electron chi connectivity index (χ1n) is 7.57. The van der Waals surface area contributed by atoms with E-state index in [2.05, 4.69) is 20.3 Å². The van der Waals surface area contributed by atoms with E-state index in [-0.39, 0.29) is 0 Å². The van der Waals surface area contributed by atoms with Gasteiger partial charge in [0, 0.05) is 31.8 Å². The van der Waals surface area contributed by atoms with Crippen LogP contribution in [-0.2, 0) is 13.0 Å². The molecule has 5 heteroatoms. The lowest BCUT2D eigenvalue weighted by molar-refractivity contribution is 0.340. The first kappa shape index (κ1) is 14.5. The summed E-state index contributed by atoms with van der Waals surface area (Å²) in [5.74, 6) is 1.86. The molecule has 0 fully saturated rings. The van der Waals surface area contributed by atoms with Gasteiger partial charge in [-0.2, -0.15) is 0 Å². The van der Waals surface area contributed by atoms with Crippen LogP contribution in [0.15, 0.2) is 42.6 Å². The number of rotatable bonds is 7. The minimum Gasteiger partial charge on any atom is -0.494 e. The average molecular weight is 296 g/mol. The summed E-state index contributed by atoms with van der Waals surface area (Å²) in [6.45, 7) is 4.28. The molecule has 5 nitrogen and oxygen atoms in total. The molecule has 0 aliphatic rings. The molecule has 0 unspecified atom stereocenters. The summed E-state index contributed by atoms with van der Waals surface area (Å²) in [6.07, 6.45) is 2.66. The number of nitrogens with one attached hydrogen (secondary N) is 2. The van der Waals surface area contributed by atoms with Gasteiger partial charge in [-0.3, -0.25) is 4.98 Å². The summed E-state index contributed by atoms with van der Waals surface area (Å²) in [5, 5.41) is 3.38. The van der Waals surface area contributed by atoms with Crippen molar-refractivity contribution >= 4 is 11.0 Å². The largest absolute Gasteiger partial charge is 0.494 e. The molecular formula is C17H20N4O. The molecule has 114 valence electrons. The molecule has 1 aromatic carbocycles. The van der Waals surface area contributed by atoms with Crippen molar-refractivity contribution in [2.45, 2.75) is 19.9 Å². The van der Waals surface area contributed by atoms with E-state index in [0.717, 1.165) is 47.8 Å². The summed E-state index contributed by atoms with van der Waals surface area (Å²) >= 11 is 0. The first-order chi connectivity index (χ1) is 10.8. The molecule has 0 aliphatic heterocycles. The van der Waals surface area contributed by atoms with Crippen LogP contribution in [0.5, 0.6) is 5.75 Å². The van der Waals surface area contributed by atoms with Gasteiger partial charge in [-0.1, -0.05) is 6.07 Å². The fourth-order valence-corrected chi connectivity index (χ4v) is 2.34. The highest BCUT2D eigenvalue weighted by Crippen LogP contribution is 2.19. The summed E-state index contributed by atoms with van der Waals surface area (Å²) < 4.78 is 5.50. The maximum atomic E-state index is 5.50. The summed E-state index contributed by atoms with van der Waals surface area (Å²) in [4.78, 5) is 12.2. The van der Waals surface area contributed by atoms with Gasteiger partial charge in [-0.25, -0.2) is 4.98 Å². The maximum absolute atomic E-state index is 5.50. The van der Waals surface area contributed by atoms with Crippen LogP contribution in [0.25, 0.3) is 11.0 Å². The second-order valence-corrected chi connectivity index (χ2v) is 5.04. The Kier molecular flexibility index (Phi) is 4.65. The summed E-state index contributed by atoms with van der Waals surface area (Å²) in [7, 11) is 0. The molecule has 22 heavy (non-hydrogen) atoms. The van der Waals surface area contributed by atoms with Gasteiger partial charge in [-0.05, 0) is 31.2 Å². The van der Waals surface area contributed by atoms with Crippen LogP contribution >= 0.6 is 0 Å². The van der Waals surface area contributed by atoms with Gasteiger partial charge >= 0.3 is 0 Å². The second-order valence-electron chi connectivity index (χ2n) is 5.04. The van der Waals surface area contributed by atoms with E-state index >= 15 is 0 Å². The highest BCUT2D eigenvalue weighted by Gasteiger charge is 2.04. The average Bonchev–Trinajstić information content (AvgIpc) is 2.95. The standard InChI is InChI=1S/C17H20N4O/c1-2-22-14-6-7-15-16(11-14)21-17(20-15)8-10-18-12-13-5-3-4-9-19-13/h3-7,9,11,18H,2,8,10,12H2,1H3,(H,20,21). The molecule has 2 N–H and O–H groups in total. The highest BCUT2D eigenvalue weighted by molar-refractivity contribution is 5.76. The van der Waals surface area contributed by atoms with Gasteiger partial charge in [0.2, 0.25) is 0 Å². The van der Waals surface area contributed by atoms with E-state index in [9.17, 15) is 0 Å². The van der Waals surface area contributed by atoms with Crippen molar-refractivity contribution in [2.75, 3.05) is 13.2 Å². The molecule has 0 bridgehead atoms. The Bertz CT molecular complexity index is 724. The third-order valence-corrected chi connectivity index (χ3v) is 3.38. The third-order valence-electron chi connectivity index (χ3n) is 3.38. The van der Waals surface area contributed by atoms with E-state index in [4.69, 9.17) is 4.74 Å². The van der Waals surface area contributed by atoms with E-state index in [1.807, 2.05) is 49.5 Å². The summed E-state index contributed by atoms with van der Waals surface area (Å²) in [5.41, 5.74) is 3.04. The van der Waals surface area contributed by atoms with Gasteiger partial charge in [0.15, 0.2) is 0 Å². The van der Waals surface area contributed by atoms with Gasteiger partial charge < -0.3 is 15.0 Å². The molecule has 0 radical (unpaired) electrons. The number of nitrogens with zero attached hydrogens (tertiary/aromatic N) is 2. The van der Waals surface area contributed by atoms with E-state index in [1.165, 1.54) is 0 Å². The maximum Gasteiger partial charge on any atom is 0.121 e. The predicted octanol–water partition coefficient (Wildman–Crippen LogP) is 2.69. The molecular weight excluding hydrogens is 276 g/mol. The van der Waals surface area contributed by atoms with Gasteiger partial charge in [0.25, 0.3) is 0 Å².